The van der Waals surface area contributed by atoms with E-state index in [9.17, 15) is 4.79 Å². The number of nitrogens with one attached hydrogen (secondary N) is 2. The second kappa shape index (κ2) is 5.98. The smallest absolute Gasteiger partial charge is 0.237 e. The van der Waals surface area contributed by atoms with E-state index in [0.717, 1.165) is 13.0 Å². The van der Waals surface area contributed by atoms with E-state index in [1.165, 1.54) is 11.1 Å². The van der Waals surface area contributed by atoms with E-state index in [-0.39, 0.29) is 24.6 Å². The van der Waals surface area contributed by atoms with Crippen LogP contribution in [-0.2, 0) is 17.8 Å². The summed E-state index contributed by atoms with van der Waals surface area (Å²) in [6.45, 7) is 2.67. The van der Waals surface area contributed by atoms with Crippen LogP contribution in [0.15, 0.2) is 24.3 Å². The van der Waals surface area contributed by atoms with Gasteiger partial charge in [-0.2, -0.15) is 0 Å². The van der Waals surface area contributed by atoms with Crippen LogP contribution in [0.5, 0.6) is 0 Å². The molecule has 4 nitrogen and oxygen atoms in total. The summed E-state index contributed by atoms with van der Waals surface area (Å²) in [6.07, 6.45) is 1.45. The summed E-state index contributed by atoms with van der Waals surface area (Å²) in [6, 6.07) is 7.83. The Morgan fingerprint density at radius 3 is 2.89 bits per heavy atom. The number of benzene rings is 1. The Bertz CT molecular complexity index is 416. The topological polar surface area (TPSA) is 61.4 Å². The van der Waals surface area contributed by atoms with Crippen LogP contribution >= 0.6 is 0 Å². The van der Waals surface area contributed by atoms with Crippen LogP contribution in [0.25, 0.3) is 0 Å². The summed E-state index contributed by atoms with van der Waals surface area (Å²) in [5.41, 5.74) is 2.49. The molecule has 1 aromatic carbocycles. The number of carbonyl (C=O) groups is 1. The van der Waals surface area contributed by atoms with Gasteiger partial charge in [0.2, 0.25) is 5.91 Å². The lowest BCUT2D eigenvalue weighted by atomic mass is 9.95. The van der Waals surface area contributed by atoms with Crippen molar-refractivity contribution in [3.63, 3.8) is 0 Å². The van der Waals surface area contributed by atoms with Gasteiger partial charge < -0.3 is 15.7 Å². The summed E-state index contributed by atoms with van der Waals surface area (Å²) in [7, 11) is 0. The Hall–Kier alpha value is -1.39. The minimum absolute atomic E-state index is 0.00839. The molecule has 4 heteroatoms. The third-order valence-electron chi connectivity index (χ3n) is 3.46. The van der Waals surface area contributed by atoms with Crippen LogP contribution in [0, 0.1) is 0 Å². The predicted molar refractivity (Wildman–Crippen MR) is 70.1 cm³/mol. The first-order valence-corrected chi connectivity index (χ1v) is 6.46. The van der Waals surface area contributed by atoms with Crippen molar-refractivity contribution in [2.75, 3.05) is 6.61 Å². The van der Waals surface area contributed by atoms with Crippen LogP contribution in [0.4, 0.5) is 0 Å². The van der Waals surface area contributed by atoms with Crippen molar-refractivity contribution >= 4 is 5.91 Å². The van der Waals surface area contributed by atoms with Crippen LogP contribution in [0.2, 0.25) is 0 Å². The van der Waals surface area contributed by atoms with E-state index in [1.54, 1.807) is 0 Å². The molecule has 1 heterocycles. The maximum Gasteiger partial charge on any atom is 0.237 e. The fraction of sp³-hybridized carbons (Fsp3) is 0.500. The predicted octanol–water partition coefficient (Wildman–Crippen LogP) is 0.588. The number of carbonyl (C=O) groups excluding carboxylic acids is 1. The highest BCUT2D eigenvalue weighted by molar-refractivity contribution is 5.82. The van der Waals surface area contributed by atoms with Gasteiger partial charge in [-0.15, -0.1) is 0 Å². The summed E-state index contributed by atoms with van der Waals surface area (Å²) < 4.78 is 0. The van der Waals surface area contributed by atoms with Gasteiger partial charge in [-0.25, -0.2) is 0 Å². The molecule has 1 amide bonds. The third-order valence-corrected chi connectivity index (χ3v) is 3.46. The molecule has 18 heavy (non-hydrogen) atoms. The maximum atomic E-state index is 12.1. The van der Waals surface area contributed by atoms with Crippen molar-refractivity contribution in [3.05, 3.63) is 35.4 Å². The van der Waals surface area contributed by atoms with Crippen molar-refractivity contribution in [2.24, 2.45) is 0 Å². The average molecular weight is 248 g/mol. The monoisotopic (exact) mass is 248 g/mol. The lowest BCUT2D eigenvalue weighted by molar-refractivity contribution is -0.124. The molecule has 0 aliphatic carbocycles. The first-order valence-electron chi connectivity index (χ1n) is 6.46. The maximum absolute atomic E-state index is 12.1. The normalized spacial score (nSPS) is 20.0. The van der Waals surface area contributed by atoms with Crippen molar-refractivity contribution in [2.45, 2.75) is 38.4 Å². The lowest BCUT2D eigenvalue weighted by Crippen LogP contribution is -2.51. The number of aliphatic hydroxyl groups excluding tert-OH is 1. The highest BCUT2D eigenvalue weighted by atomic mass is 16.3. The zero-order chi connectivity index (χ0) is 13.0. The number of hydrogen-bond acceptors (Lipinski definition) is 3. The van der Waals surface area contributed by atoms with E-state index in [1.807, 2.05) is 19.1 Å². The standard InChI is InChI=1S/C14H20N2O2/c1-2-12(9-17)16-14(18)13-7-10-5-3-4-6-11(10)8-15-13/h3-6,12-13,15,17H,2,7-9H2,1H3,(H,16,18)/t12-,13-/m0/s1. The molecule has 0 spiro atoms. The molecule has 1 aliphatic rings. The Morgan fingerprint density at radius 1 is 1.50 bits per heavy atom. The quantitative estimate of drug-likeness (QED) is 0.731. The largest absolute Gasteiger partial charge is 0.394 e. The van der Waals surface area contributed by atoms with Crippen LogP contribution < -0.4 is 10.6 Å². The molecule has 0 bridgehead atoms. The molecule has 0 unspecified atom stereocenters. The molecule has 2 atom stereocenters. The Balaban J connectivity index is 1.98. The minimum atomic E-state index is -0.194. The molecule has 2 rings (SSSR count). The minimum Gasteiger partial charge on any atom is -0.394 e. The Morgan fingerprint density at radius 2 is 2.22 bits per heavy atom. The Labute approximate surface area is 107 Å². The molecule has 0 fully saturated rings. The number of hydrogen-bond donors (Lipinski definition) is 3. The van der Waals surface area contributed by atoms with E-state index in [4.69, 9.17) is 5.11 Å². The molecule has 0 saturated carbocycles. The van der Waals surface area contributed by atoms with Crippen LogP contribution in [0.3, 0.4) is 0 Å². The number of amides is 1. The summed E-state index contributed by atoms with van der Waals surface area (Å²) >= 11 is 0. The third kappa shape index (κ3) is 2.89. The fourth-order valence-electron chi connectivity index (χ4n) is 2.22. The summed E-state index contributed by atoms with van der Waals surface area (Å²) in [5, 5.41) is 15.2. The number of rotatable bonds is 4. The van der Waals surface area contributed by atoms with E-state index in [0.29, 0.717) is 6.42 Å². The van der Waals surface area contributed by atoms with Crippen molar-refractivity contribution in [1.82, 2.24) is 10.6 Å². The van der Waals surface area contributed by atoms with Crippen molar-refractivity contribution < 1.29 is 9.90 Å². The van der Waals surface area contributed by atoms with Gasteiger partial charge in [0.05, 0.1) is 18.7 Å². The fourth-order valence-corrected chi connectivity index (χ4v) is 2.22. The summed E-state index contributed by atoms with van der Waals surface area (Å²) in [5.74, 6) is -0.0228. The van der Waals surface area contributed by atoms with E-state index >= 15 is 0 Å². The molecule has 1 aromatic rings. The van der Waals surface area contributed by atoms with Crippen LogP contribution in [0.1, 0.15) is 24.5 Å². The Kier molecular flexibility index (Phi) is 4.33. The molecule has 3 N–H and O–H groups in total. The first kappa shape index (κ1) is 13.1. The van der Waals surface area contributed by atoms with E-state index in [2.05, 4.69) is 22.8 Å². The number of fused-ring (bicyclic) bond motifs is 1. The second-order valence-electron chi connectivity index (χ2n) is 4.70. The van der Waals surface area contributed by atoms with Gasteiger partial charge in [0.1, 0.15) is 0 Å². The highest BCUT2D eigenvalue weighted by Crippen LogP contribution is 2.16. The first-order chi connectivity index (χ1) is 8.74. The molecular weight excluding hydrogens is 228 g/mol. The van der Waals surface area contributed by atoms with Crippen molar-refractivity contribution in [3.8, 4) is 0 Å². The summed E-state index contributed by atoms with van der Waals surface area (Å²) in [4.78, 5) is 12.1. The van der Waals surface area contributed by atoms with Gasteiger partial charge in [-0.3, -0.25) is 4.79 Å². The van der Waals surface area contributed by atoms with Gasteiger partial charge in [0.25, 0.3) is 0 Å². The van der Waals surface area contributed by atoms with Gasteiger partial charge in [-0.1, -0.05) is 31.2 Å². The lowest BCUT2D eigenvalue weighted by Gasteiger charge is -2.26. The molecule has 98 valence electrons. The van der Waals surface area contributed by atoms with Crippen LogP contribution in [-0.4, -0.2) is 29.7 Å². The molecular formula is C14H20N2O2. The molecule has 0 saturated heterocycles. The SMILES string of the molecule is CC[C@@H](CO)NC(=O)[C@@H]1Cc2ccccc2CN1. The zero-order valence-corrected chi connectivity index (χ0v) is 10.6. The number of aliphatic hydroxyl groups is 1. The average Bonchev–Trinajstić information content (AvgIpc) is 2.44. The van der Waals surface area contributed by atoms with Gasteiger partial charge >= 0.3 is 0 Å². The van der Waals surface area contributed by atoms with Gasteiger partial charge in [0.15, 0.2) is 0 Å². The van der Waals surface area contributed by atoms with Gasteiger partial charge in [0, 0.05) is 6.54 Å². The zero-order valence-electron chi connectivity index (χ0n) is 10.6. The molecule has 0 aromatic heterocycles. The van der Waals surface area contributed by atoms with Crippen molar-refractivity contribution in [1.29, 1.82) is 0 Å². The second-order valence-corrected chi connectivity index (χ2v) is 4.70. The van der Waals surface area contributed by atoms with E-state index < -0.39 is 0 Å². The molecule has 0 radical (unpaired) electrons. The van der Waals surface area contributed by atoms with Gasteiger partial charge in [-0.05, 0) is 24.0 Å². The molecule has 1 aliphatic heterocycles. The highest BCUT2D eigenvalue weighted by Gasteiger charge is 2.24.